The monoisotopic (exact) mass is 411 g/mol. The van der Waals surface area contributed by atoms with Crippen LogP contribution in [-0.2, 0) is 16.6 Å². The van der Waals surface area contributed by atoms with E-state index in [2.05, 4.69) is 29.2 Å². The summed E-state index contributed by atoms with van der Waals surface area (Å²) >= 11 is 7.41. The van der Waals surface area contributed by atoms with Crippen molar-refractivity contribution in [2.45, 2.75) is 30.1 Å². The molecular formula is C18H22ClN3O2S2. The Bertz CT molecular complexity index is 825. The second-order valence-corrected chi connectivity index (χ2v) is 10.9. The fraction of sp³-hybridized carbons (Fsp3) is 0.500. The first-order chi connectivity index (χ1) is 12.4. The number of sulfonamides is 1. The normalized spacial score (nSPS) is 33.6. The summed E-state index contributed by atoms with van der Waals surface area (Å²) in [4.78, 5) is 7.39. The van der Waals surface area contributed by atoms with Gasteiger partial charge in [-0.05, 0) is 24.5 Å². The van der Waals surface area contributed by atoms with Gasteiger partial charge in [-0.1, -0.05) is 42.1 Å². The molecule has 2 N–H and O–H groups in total. The van der Waals surface area contributed by atoms with E-state index >= 15 is 0 Å². The molecular weight excluding hydrogens is 390 g/mol. The smallest absolute Gasteiger partial charge is 0.243 e. The van der Waals surface area contributed by atoms with Crippen molar-refractivity contribution in [1.82, 2.24) is 4.90 Å². The van der Waals surface area contributed by atoms with Crippen LogP contribution < -0.4 is 5.14 Å². The molecule has 2 bridgehead atoms. The molecule has 2 unspecified atom stereocenters. The number of aliphatic imine (C=N–C) groups is 1. The second-order valence-electron chi connectivity index (χ2n) is 7.20. The highest BCUT2D eigenvalue weighted by Gasteiger charge is 2.40. The van der Waals surface area contributed by atoms with Gasteiger partial charge in [0.2, 0.25) is 10.0 Å². The predicted octanol–water partition coefficient (Wildman–Crippen LogP) is 2.78. The number of hydrogen-bond donors (Lipinski definition) is 1. The van der Waals surface area contributed by atoms with E-state index in [1.165, 1.54) is 11.3 Å². The lowest BCUT2D eigenvalue weighted by molar-refractivity contribution is 0.228. The van der Waals surface area contributed by atoms with Crippen molar-refractivity contribution in [2.24, 2.45) is 22.0 Å². The Balaban J connectivity index is 1.48. The fourth-order valence-electron chi connectivity index (χ4n) is 4.15. The number of alkyl halides is 1. The van der Waals surface area contributed by atoms with Crippen LogP contribution in [0.25, 0.3) is 0 Å². The molecule has 0 aromatic heterocycles. The zero-order valence-corrected chi connectivity index (χ0v) is 16.7. The van der Waals surface area contributed by atoms with E-state index in [1.54, 1.807) is 6.08 Å². The molecule has 1 aliphatic carbocycles. The highest BCUT2D eigenvalue weighted by molar-refractivity contribution is 8.19. The molecule has 1 aromatic rings. The van der Waals surface area contributed by atoms with Crippen molar-refractivity contribution < 1.29 is 8.42 Å². The van der Waals surface area contributed by atoms with Gasteiger partial charge in [0.05, 0.1) is 6.04 Å². The lowest BCUT2D eigenvalue weighted by Crippen LogP contribution is -2.42. The first kappa shape index (κ1) is 18.5. The van der Waals surface area contributed by atoms with E-state index in [0.29, 0.717) is 11.8 Å². The first-order valence-corrected chi connectivity index (χ1v) is 11.7. The molecule has 4 atom stereocenters. The number of likely N-dealkylation sites (tertiary alicyclic amines) is 1. The average Bonchev–Trinajstić information content (AvgIpc) is 3.06. The maximum atomic E-state index is 11.5. The average molecular weight is 412 g/mol. The van der Waals surface area contributed by atoms with Crippen molar-refractivity contribution >= 4 is 39.1 Å². The van der Waals surface area contributed by atoms with Crippen molar-refractivity contribution in [1.29, 1.82) is 0 Å². The van der Waals surface area contributed by atoms with E-state index in [9.17, 15) is 8.42 Å². The third-order valence-corrected chi connectivity index (χ3v) is 8.37. The van der Waals surface area contributed by atoms with Crippen LogP contribution in [0.5, 0.6) is 0 Å². The predicted molar refractivity (Wildman–Crippen MR) is 108 cm³/mol. The van der Waals surface area contributed by atoms with Crippen LogP contribution in [0.3, 0.4) is 0 Å². The number of primary sulfonamides is 1. The van der Waals surface area contributed by atoms with E-state index in [-0.39, 0.29) is 10.3 Å². The maximum Gasteiger partial charge on any atom is 0.243 e. The van der Waals surface area contributed by atoms with Crippen molar-refractivity contribution in [2.75, 3.05) is 13.1 Å². The molecule has 8 heteroatoms. The maximum absolute atomic E-state index is 11.5. The summed E-state index contributed by atoms with van der Waals surface area (Å²) in [6.45, 7) is 2.97. The molecule has 3 aliphatic rings. The SMILES string of the molecule is NS(=O)(=O)C1=CC(N=C2[C@@H]3CC[C@H]2CN(Cc2ccccc2)C3)C(Cl)S1. The summed E-state index contributed by atoms with van der Waals surface area (Å²) in [5.41, 5.74) is 2.55. The van der Waals surface area contributed by atoms with Crippen LogP contribution in [0.2, 0.25) is 0 Å². The lowest BCUT2D eigenvalue weighted by atomic mass is 9.95. The number of halogens is 1. The molecule has 0 radical (unpaired) electrons. The van der Waals surface area contributed by atoms with Gasteiger partial charge in [-0.2, -0.15) is 0 Å². The number of hydrogen-bond acceptors (Lipinski definition) is 5. The van der Waals surface area contributed by atoms with Gasteiger partial charge in [0.25, 0.3) is 0 Å². The third-order valence-electron chi connectivity index (χ3n) is 5.29. The molecule has 2 aliphatic heterocycles. The summed E-state index contributed by atoms with van der Waals surface area (Å²) in [6, 6.07) is 10.2. The number of piperidine rings is 1. The fourth-order valence-corrected chi connectivity index (χ4v) is 6.62. The summed E-state index contributed by atoms with van der Waals surface area (Å²) in [6.07, 6.45) is 3.90. The zero-order valence-electron chi connectivity index (χ0n) is 14.3. The van der Waals surface area contributed by atoms with E-state index in [0.717, 1.165) is 44.2 Å². The molecule has 5 nitrogen and oxygen atoms in total. The van der Waals surface area contributed by atoms with E-state index in [4.69, 9.17) is 21.7 Å². The molecule has 0 spiro atoms. The Morgan fingerprint density at radius 3 is 2.42 bits per heavy atom. The number of thioether (sulfide) groups is 1. The zero-order chi connectivity index (χ0) is 18.3. The van der Waals surface area contributed by atoms with Gasteiger partial charge in [-0.15, -0.1) is 11.6 Å². The highest BCUT2D eigenvalue weighted by Crippen LogP contribution is 2.41. The van der Waals surface area contributed by atoms with Crippen LogP contribution in [-0.4, -0.2) is 42.9 Å². The molecule has 26 heavy (non-hydrogen) atoms. The minimum absolute atomic E-state index is 0.140. The van der Waals surface area contributed by atoms with Crippen molar-refractivity contribution in [3.05, 3.63) is 46.2 Å². The van der Waals surface area contributed by atoms with Crippen LogP contribution in [0.1, 0.15) is 18.4 Å². The number of rotatable bonds is 4. The van der Waals surface area contributed by atoms with Gasteiger partial charge >= 0.3 is 0 Å². The van der Waals surface area contributed by atoms with Crippen LogP contribution in [0, 0.1) is 11.8 Å². The molecule has 140 valence electrons. The van der Waals surface area contributed by atoms with Gasteiger partial charge in [0.1, 0.15) is 8.95 Å². The topological polar surface area (TPSA) is 75.8 Å². The summed E-state index contributed by atoms with van der Waals surface area (Å²) in [5, 5.41) is 5.23. The largest absolute Gasteiger partial charge is 0.298 e. The molecule has 0 amide bonds. The minimum atomic E-state index is -3.70. The molecule has 1 saturated heterocycles. The van der Waals surface area contributed by atoms with Crippen LogP contribution >= 0.6 is 23.4 Å². The van der Waals surface area contributed by atoms with Gasteiger partial charge in [-0.25, -0.2) is 13.6 Å². The van der Waals surface area contributed by atoms with Crippen LogP contribution in [0.4, 0.5) is 0 Å². The summed E-state index contributed by atoms with van der Waals surface area (Å²) < 4.78 is 22.8. The number of benzene rings is 1. The Morgan fingerprint density at radius 2 is 1.85 bits per heavy atom. The minimum Gasteiger partial charge on any atom is -0.298 e. The molecule has 1 aromatic carbocycles. The van der Waals surface area contributed by atoms with E-state index in [1.807, 2.05) is 6.07 Å². The quantitative estimate of drug-likeness (QED) is 0.773. The Kier molecular flexibility index (Phi) is 5.18. The molecule has 4 rings (SSSR count). The second kappa shape index (κ2) is 7.28. The third kappa shape index (κ3) is 3.87. The summed E-state index contributed by atoms with van der Waals surface area (Å²) in [7, 11) is -3.70. The lowest BCUT2D eigenvalue weighted by Gasteiger charge is -2.33. The Morgan fingerprint density at radius 1 is 1.19 bits per heavy atom. The molecule has 2 fully saturated rings. The van der Waals surface area contributed by atoms with Crippen LogP contribution in [0.15, 0.2) is 45.6 Å². The van der Waals surface area contributed by atoms with Gasteiger partial charge in [0.15, 0.2) is 0 Å². The molecule has 2 heterocycles. The van der Waals surface area contributed by atoms with Gasteiger partial charge in [-0.3, -0.25) is 9.89 Å². The van der Waals surface area contributed by atoms with Crippen molar-refractivity contribution in [3.63, 3.8) is 0 Å². The Labute approximate surface area is 163 Å². The summed E-state index contributed by atoms with van der Waals surface area (Å²) in [5.74, 6) is 0.886. The Hall–Kier alpha value is -0.860. The standard InChI is InChI=1S/C18H22ClN3O2S2/c19-18-15(8-16(25-18)26(20,23)24)21-17-13-6-7-14(17)11-22(10-13)9-12-4-2-1-3-5-12/h1-5,8,13-15,18H,6-7,9-11H2,(H2,20,23,24)/t13-,14+,15?,18?. The van der Waals surface area contributed by atoms with Gasteiger partial charge < -0.3 is 0 Å². The highest BCUT2D eigenvalue weighted by atomic mass is 35.5. The van der Waals surface area contributed by atoms with Crippen molar-refractivity contribution in [3.8, 4) is 0 Å². The first-order valence-electron chi connectivity index (χ1n) is 8.79. The number of nitrogens with zero attached hydrogens (tertiary/aromatic N) is 2. The number of fused-ring (bicyclic) bond motifs is 2. The van der Waals surface area contributed by atoms with E-state index < -0.39 is 14.7 Å². The number of nitrogens with two attached hydrogens (primary N) is 1. The molecule has 1 saturated carbocycles. The van der Waals surface area contributed by atoms with Gasteiger partial charge in [0, 0.05) is 37.2 Å².